The number of thioether (sulfide) groups is 1. The second-order valence-corrected chi connectivity index (χ2v) is 8.06. The molecule has 2 amide bonds. The Morgan fingerprint density at radius 3 is 2.71 bits per heavy atom. The molecule has 0 bridgehead atoms. The Morgan fingerprint density at radius 2 is 1.95 bits per heavy atom. The third-order valence-corrected chi connectivity index (χ3v) is 6.28. The monoisotopic (exact) mass is 312 g/mol. The van der Waals surface area contributed by atoms with E-state index in [9.17, 15) is 4.79 Å². The quantitative estimate of drug-likeness (QED) is 0.842. The van der Waals surface area contributed by atoms with Gasteiger partial charge in [-0.3, -0.25) is 0 Å². The Balaban J connectivity index is 1.39. The zero-order valence-corrected chi connectivity index (χ0v) is 13.7. The summed E-state index contributed by atoms with van der Waals surface area (Å²) < 4.78 is 6.02. The largest absolute Gasteiger partial charge is 0.375 e. The van der Waals surface area contributed by atoms with Gasteiger partial charge >= 0.3 is 6.03 Å². The number of hydrogen-bond acceptors (Lipinski definition) is 3. The minimum Gasteiger partial charge on any atom is -0.375 e. The number of hydrogen-bond donors (Lipinski definition) is 2. The number of urea groups is 1. The first kappa shape index (κ1) is 15.5. The molecule has 0 aromatic rings. The molecule has 3 aliphatic rings. The molecule has 120 valence electrons. The Kier molecular flexibility index (Phi) is 5.33. The Hall–Kier alpha value is -0.420. The molecule has 2 aliphatic heterocycles. The first-order valence-corrected chi connectivity index (χ1v) is 9.67. The van der Waals surface area contributed by atoms with E-state index in [1.165, 1.54) is 50.0 Å². The van der Waals surface area contributed by atoms with Crippen LogP contribution in [0.3, 0.4) is 0 Å². The van der Waals surface area contributed by atoms with Gasteiger partial charge < -0.3 is 15.4 Å². The number of carbonyl (C=O) groups excluding carboxylic acids is 1. The van der Waals surface area contributed by atoms with Crippen LogP contribution in [0.5, 0.6) is 0 Å². The van der Waals surface area contributed by atoms with Crippen molar-refractivity contribution in [1.29, 1.82) is 0 Å². The van der Waals surface area contributed by atoms with Crippen molar-refractivity contribution in [2.75, 3.05) is 24.7 Å². The summed E-state index contributed by atoms with van der Waals surface area (Å²) in [6, 6.07) is 0.312. The maximum Gasteiger partial charge on any atom is 0.315 e. The van der Waals surface area contributed by atoms with Crippen molar-refractivity contribution in [3.8, 4) is 0 Å². The second kappa shape index (κ2) is 7.23. The van der Waals surface area contributed by atoms with E-state index in [1.807, 2.05) is 11.8 Å². The molecule has 2 heterocycles. The van der Waals surface area contributed by atoms with Gasteiger partial charge in [0.05, 0.1) is 5.60 Å². The molecule has 1 saturated carbocycles. The Morgan fingerprint density at radius 1 is 1.19 bits per heavy atom. The molecule has 3 rings (SSSR count). The van der Waals surface area contributed by atoms with E-state index in [1.54, 1.807) is 0 Å². The molecule has 1 unspecified atom stereocenters. The van der Waals surface area contributed by atoms with Crippen LogP contribution in [0, 0.1) is 5.92 Å². The lowest BCUT2D eigenvalue weighted by molar-refractivity contribution is -0.0820. The Bertz CT molecular complexity index is 352. The lowest BCUT2D eigenvalue weighted by atomic mass is 9.89. The van der Waals surface area contributed by atoms with Gasteiger partial charge in [0.1, 0.15) is 0 Å². The van der Waals surface area contributed by atoms with Crippen molar-refractivity contribution in [2.24, 2.45) is 5.92 Å². The van der Waals surface area contributed by atoms with E-state index >= 15 is 0 Å². The molecule has 3 fully saturated rings. The number of rotatable bonds is 3. The molecule has 1 aliphatic carbocycles. The van der Waals surface area contributed by atoms with Crippen LogP contribution in [0.4, 0.5) is 4.79 Å². The zero-order valence-electron chi connectivity index (χ0n) is 12.9. The summed E-state index contributed by atoms with van der Waals surface area (Å²) in [4.78, 5) is 12.1. The zero-order chi connectivity index (χ0) is 14.5. The molecular formula is C16H28N2O2S. The highest BCUT2D eigenvalue weighted by Gasteiger charge is 2.40. The van der Waals surface area contributed by atoms with Crippen LogP contribution in [0.2, 0.25) is 0 Å². The Labute approximate surface area is 132 Å². The highest BCUT2D eigenvalue weighted by Crippen LogP contribution is 2.39. The van der Waals surface area contributed by atoms with E-state index in [0.29, 0.717) is 12.0 Å². The van der Waals surface area contributed by atoms with Crippen LogP contribution in [0.1, 0.15) is 51.4 Å². The third kappa shape index (κ3) is 4.28. The highest BCUT2D eigenvalue weighted by atomic mass is 32.2. The second-order valence-electron chi connectivity index (χ2n) is 6.84. The fraction of sp³-hybridized carbons (Fsp3) is 0.938. The predicted molar refractivity (Wildman–Crippen MR) is 86.8 cm³/mol. The first-order valence-electron chi connectivity index (χ1n) is 8.52. The van der Waals surface area contributed by atoms with Crippen LogP contribution in [0.25, 0.3) is 0 Å². The predicted octanol–water partition coefficient (Wildman–Crippen LogP) is 2.92. The molecule has 21 heavy (non-hydrogen) atoms. The van der Waals surface area contributed by atoms with Crippen molar-refractivity contribution >= 4 is 17.8 Å². The summed E-state index contributed by atoms with van der Waals surface area (Å²) >= 11 is 2.03. The summed E-state index contributed by atoms with van der Waals surface area (Å²) in [5.41, 5.74) is 0.0801. The van der Waals surface area contributed by atoms with Crippen LogP contribution >= 0.6 is 11.8 Å². The normalized spacial score (nSPS) is 29.4. The van der Waals surface area contributed by atoms with E-state index < -0.39 is 0 Å². The van der Waals surface area contributed by atoms with Crippen LogP contribution in [-0.2, 0) is 4.74 Å². The lowest BCUT2D eigenvalue weighted by Crippen LogP contribution is -2.50. The van der Waals surface area contributed by atoms with Gasteiger partial charge in [0.2, 0.25) is 0 Å². The van der Waals surface area contributed by atoms with Crippen molar-refractivity contribution in [1.82, 2.24) is 10.6 Å². The fourth-order valence-electron chi connectivity index (χ4n) is 3.94. The van der Waals surface area contributed by atoms with Crippen molar-refractivity contribution < 1.29 is 9.53 Å². The van der Waals surface area contributed by atoms with Crippen LogP contribution in [-0.4, -0.2) is 42.3 Å². The first-order chi connectivity index (χ1) is 10.3. The van der Waals surface area contributed by atoms with E-state index in [-0.39, 0.29) is 11.6 Å². The van der Waals surface area contributed by atoms with E-state index in [4.69, 9.17) is 4.74 Å². The molecule has 4 nitrogen and oxygen atoms in total. The summed E-state index contributed by atoms with van der Waals surface area (Å²) in [6.45, 7) is 1.63. The van der Waals surface area contributed by atoms with Gasteiger partial charge in [0, 0.05) is 19.2 Å². The van der Waals surface area contributed by atoms with Gasteiger partial charge in [-0.25, -0.2) is 4.79 Å². The summed E-state index contributed by atoms with van der Waals surface area (Å²) in [6.07, 6.45) is 9.34. The van der Waals surface area contributed by atoms with Gasteiger partial charge in [-0.2, -0.15) is 11.8 Å². The lowest BCUT2D eigenvalue weighted by Gasteiger charge is -2.38. The topological polar surface area (TPSA) is 50.4 Å². The average Bonchev–Trinajstić information content (AvgIpc) is 2.94. The van der Waals surface area contributed by atoms with E-state index in [0.717, 1.165) is 26.0 Å². The highest BCUT2D eigenvalue weighted by molar-refractivity contribution is 7.99. The van der Waals surface area contributed by atoms with Crippen molar-refractivity contribution in [3.63, 3.8) is 0 Å². The number of carbonyl (C=O) groups is 1. The van der Waals surface area contributed by atoms with Gasteiger partial charge in [-0.15, -0.1) is 0 Å². The number of amides is 2. The molecule has 1 atom stereocenters. The smallest absolute Gasteiger partial charge is 0.315 e. The van der Waals surface area contributed by atoms with Crippen molar-refractivity contribution in [2.45, 2.75) is 63.0 Å². The molecule has 5 heteroatoms. The SMILES string of the molecule is O=C(NCC1CCSCC1)NC1CCOC2(CCCC2)C1. The van der Waals surface area contributed by atoms with Gasteiger partial charge in [0.25, 0.3) is 0 Å². The number of ether oxygens (including phenoxy) is 1. The van der Waals surface area contributed by atoms with Crippen molar-refractivity contribution in [3.05, 3.63) is 0 Å². The van der Waals surface area contributed by atoms with Gasteiger partial charge in [-0.05, 0) is 55.9 Å². The molecular weight excluding hydrogens is 284 g/mol. The average molecular weight is 312 g/mol. The minimum atomic E-state index is 0.0215. The van der Waals surface area contributed by atoms with Gasteiger partial charge in [-0.1, -0.05) is 12.8 Å². The third-order valence-electron chi connectivity index (χ3n) is 5.24. The van der Waals surface area contributed by atoms with Crippen LogP contribution in [0.15, 0.2) is 0 Å². The molecule has 0 radical (unpaired) electrons. The van der Waals surface area contributed by atoms with Crippen LogP contribution < -0.4 is 10.6 Å². The summed E-state index contributed by atoms with van der Waals surface area (Å²) in [5.74, 6) is 3.17. The van der Waals surface area contributed by atoms with Gasteiger partial charge in [0.15, 0.2) is 0 Å². The molecule has 0 aromatic carbocycles. The molecule has 0 aromatic heterocycles. The van der Waals surface area contributed by atoms with E-state index in [2.05, 4.69) is 10.6 Å². The molecule has 2 saturated heterocycles. The standard InChI is InChI=1S/C16H28N2O2S/c19-15(17-12-13-4-9-21-10-5-13)18-14-3-8-20-16(11-14)6-1-2-7-16/h13-14H,1-12H2,(H2,17,18,19). The molecule has 2 N–H and O–H groups in total. The summed E-state index contributed by atoms with van der Waals surface area (Å²) in [7, 11) is 0. The summed E-state index contributed by atoms with van der Waals surface area (Å²) in [5, 5.41) is 6.25. The molecule has 1 spiro atoms. The maximum absolute atomic E-state index is 12.1. The minimum absolute atomic E-state index is 0.0215. The number of nitrogens with one attached hydrogen (secondary N) is 2. The maximum atomic E-state index is 12.1. The fourth-order valence-corrected chi connectivity index (χ4v) is 5.15.